The first kappa shape index (κ1) is 55.1. The molecule has 0 bridgehead atoms. The third kappa shape index (κ3) is 15.9. The summed E-state index contributed by atoms with van der Waals surface area (Å²) in [6.07, 6.45) is -7.95. The molecule has 2 aromatic rings. The average Bonchev–Trinajstić information content (AvgIpc) is 4.13. The smallest absolute Gasteiger partial charge is 0.303 e. The van der Waals surface area contributed by atoms with E-state index >= 15 is 0 Å². The van der Waals surface area contributed by atoms with Gasteiger partial charge in [-0.15, -0.1) is 10.2 Å². The second-order valence-electron chi connectivity index (χ2n) is 17.4. The Hall–Kier alpha value is -6.20. The molecule has 2 aromatic heterocycles. The molecule has 28 heteroatoms. The van der Waals surface area contributed by atoms with E-state index in [9.17, 15) is 38.4 Å². The summed E-state index contributed by atoms with van der Waals surface area (Å²) >= 11 is 0. The van der Waals surface area contributed by atoms with Gasteiger partial charge in [-0.05, 0) is 25.7 Å². The highest BCUT2D eigenvalue weighted by Gasteiger charge is 2.54. The molecule has 4 aliphatic rings. The molecule has 4 saturated heterocycles. The Morgan fingerprint density at radius 1 is 0.458 bits per heavy atom. The summed E-state index contributed by atoms with van der Waals surface area (Å²) in [4.78, 5) is 96.1. The van der Waals surface area contributed by atoms with E-state index in [0.29, 0.717) is 24.5 Å². The maximum atomic E-state index is 12.2. The first-order valence-electron chi connectivity index (χ1n) is 23.1. The molecule has 6 rings (SSSR count). The molecule has 6 heterocycles. The van der Waals surface area contributed by atoms with Gasteiger partial charge in [0.25, 0.3) is 0 Å². The summed E-state index contributed by atoms with van der Waals surface area (Å²) in [6.45, 7) is 8.60. The van der Waals surface area contributed by atoms with Gasteiger partial charge in [0.05, 0.1) is 63.1 Å². The number of ether oxygens (including phenoxy) is 14. The molecule has 0 aliphatic carbocycles. The molecule has 14 atom stereocenters. The van der Waals surface area contributed by atoms with Crippen molar-refractivity contribution in [3.63, 3.8) is 0 Å². The summed E-state index contributed by atoms with van der Waals surface area (Å²) in [5.74, 6) is -5.89. The van der Waals surface area contributed by atoms with Crippen LogP contribution in [0.3, 0.4) is 0 Å². The van der Waals surface area contributed by atoms with Gasteiger partial charge in [0.15, 0.2) is 49.2 Å². The van der Waals surface area contributed by atoms with Crippen molar-refractivity contribution in [1.29, 1.82) is 0 Å². The van der Waals surface area contributed by atoms with Crippen LogP contribution < -0.4 is 0 Å². The zero-order chi connectivity index (χ0) is 52.2. The molecule has 0 saturated carbocycles. The Morgan fingerprint density at radius 2 is 0.792 bits per heavy atom. The van der Waals surface area contributed by atoms with E-state index < -0.39 is 122 Å². The van der Waals surface area contributed by atoms with E-state index in [1.165, 1.54) is 13.8 Å². The predicted octanol–water partition coefficient (Wildman–Crippen LogP) is -0.136. The van der Waals surface area contributed by atoms with Crippen LogP contribution >= 0.6 is 0 Å². The van der Waals surface area contributed by atoms with Gasteiger partial charge in [-0.2, -0.15) is 0 Å². The lowest BCUT2D eigenvalue weighted by Gasteiger charge is -2.43. The monoisotopic (exact) mass is 1020 g/mol. The van der Waals surface area contributed by atoms with Crippen molar-refractivity contribution in [2.75, 3.05) is 13.2 Å². The van der Waals surface area contributed by atoms with E-state index in [2.05, 4.69) is 20.6 Å². The molecule has 72 heavy (non-hydrogen) atoms. The summed E-state index contributed by atoms with van der Waals surface area (Å²) in [6, 6.07) is 0. The van der Waals surface area contributed by atoms with Crippen molar-refractivity contribution in [3.8, 4) is 0 Å². The van der Waals surface area contributed by atoms with Crippen LogP contribution in [-0.4, -0.2) is 177 Å². The first-order chi connectivity index (χ1) is 34.2. The van der Waals surface area contributed by atoms with Crippen LogP contribution in [0.1, 0.15) is 92.5 Å². The van der Waals surface area contributed by atoms with Gasteiger partial charge in [0, 0.05) is 55.4 Å². The average molecular weight is 1020 g/mol. The first-order valence-corrected chi connectivity index (χ1v) is 23.1. The molecule has 0 N–H and O–H groups in total. The zero-order valence-corrected chi connectivity index (χ0v) is 41.0. The maximum absolute atomic E-state index is 12.2. The topological polar surface area (TPSA) is 327 Å². The number of nitrogens with zero attached hydrogens (tertiary/aromatic N) is 6. The molecule has 0 spiro atoms. The molecule has 0 amide bonds. The number of hydrogen-bond donors (Lipinski definition) is 0. The van der Waals surface area contributed by atoms with Crippen LogP contribution in [0.5, 0.6) is 0 Å². The Bertz CT molecular complexity index is 2090. The molecule has 10 unspecified atom stereocenters. The van der Waals surface area contributed by atoms with Gasteiger partial charge in [-0.1, -0.05) is 10.4 Å². The fraction of sp³-hybridized carbons (Fsp3) is 0.727. The SMILES string of the molecule is CC(=O)OCC1OC(OCc2cn(C[C@H]3CC[C@@H]([C@@H]4CC[C@H](Cn5cc(COC6OC(COC(C)=O)C(OC(C)=O)C(OC(C)=O)C6OC(C)=O)nn5)O4)O3)nn2)C(OC(C)=O)C(OC(C)=O)C1OC(C)=O. The molecular weight excluding hydrogens is 965 g/mol. The molecule has 0 radical (unpaired) electrons. The Kier molecular flexibility index (Phi) is 19.5. The number of rotatable bonds is 21. The molecular formula is C44H60N6O22. The molecule has 4 aliphatic heterocycles. The lowest BCUT2D eigenvalue weighted by Crippen LogP contribution is -2.62. The minimum Gasteiger partial charge on any atom is -0.463 e. The second kappa shape index (κ2) is 25.5. The van der Waals surface area contributed by atoms with E-state index in [-0.39, 0.29) is 37.6 Å². The van der Waals surface area contributed by atoms with E-state index in [1.54, 1.807) is 21.8 Å². The third-order valence-electron chi connectivity index (χ3n) is 11.3. The van der Waals surface area contributed by atoms with E-state index in [4.69, 9.17) is 66.3 Å². The van der Waals surface area contributed by atoms with Crippen molar-refractivity contribution >= 4 is 47.8 Å². The third-order valence-corrected chi connectivity index (χ3v) is 11.3. The van der Waals surface area contributed by atoms with Gasteiger partial charge in [-0.25, -0.2) is 9.36 Å². The van der Waals surface area contributed by atoms with Crippen LogP contribution in [0.15, 0.2) is 12.4 Å². The quantitative estimate of drug-likeness (QED) is 0.116. The summed E-state index contributed by atoms with van der Waals surface area (Å²) < 4.78 is 82.9. The number of aromatic nitrogens is 6. The normalized spacial score (nSPS) is 30.1. The van der Waals surface area contributed by atoms with Gasteiger partial charge in [0.1, 0.15) is 36.8 Å². The van der Waals surface area contributed by atoms with E-state index in [1.807, 2.05) is 0 Å². The summed E-state index contributed by atoms with van der Waals surface area (Å²) in [5, 5.41) is 16.8. The second-order valence-corrected chi connectivity index (χ2v) is 17.4. The van der Waals surface area contributed by atoms with Crippen molar-refractivity contribution in [1.82, 2.24) is 30.0 Å². The van der Waals surface area contributed by atoms with Crippen molar-refractivity contribution in [3.05, 3.63) is 23.8 Å². The minimum absolute atomic E-state index is 0.185. The zero-order valence-electron chi connectivity index (χ0n) is 41.0. The molecule has 28 nitrogen and oxygen atoms in total. The van der Waals surface area contributed by atoms with Gasteiger partial charge < -0.3 is 66.3 Å². The van der Waals surface area contributed by atoms with Crippen LogP contribution in [0.2, 0.25) is 0 Å². The number of carbonyl (C=O) groups excluding carboxylic acids is 8. The van der Waals surface area contributed by atoms with Crippen LogP contribution in [-0.2, 0) is 131 Å². The van der Waals surface area contributed by atoms with Crippen LogP contribution in [0, 0.1) is 0 Å². The lowest BCUT2D eigenvalue weighted by atomic mass is 9.98. The van der Waals surface area contributed by atoms with Crippen LogP contribution in [0.4, 0.5) is 0 Å². The highest BCUT2D eigenvalue weighted by Crippen LogP contribution is 2.34. The Balaban J connectivity index is 1.000. The van der Waals surface area contributed by atoms with Gasteiger partial charge in [0.2, 0.25) is 0 Å². The number of carbonyl (C=O) groups is 8. The Labute approximate surface area is 412 Å². The van der Waals surface area contributed by atoms with Gasteiger partial charge >= 0.3 is 47.8 Å². The fourth-order valence-corrected chi connectivity index (χ4v) is 8.67. The van der Waals surface area contributed by atoms with Crippen LogP contribution in [0.25, 0.3) is 0 Å². The fourth-order valence-electron chi connectivity index (χ4n) is 8.67. The molecule has 0 aromatic carbocycles. The van der Waals surface area contributed by atoms with Crippen molar-refractivity contribution in [2.24, 2.45) is 0 Å². The molecule has 398 valence electrons. The van der Waals surface area contributed by atoms with Crippen molar-refractivity contribution < 1.29 is 105 Å². The highest BCUT2D eigenvalue weighted by atomic mass is 16.7. The minimum atomic E-state index is -1.40. The lowest BCUT2D eigenvalue weighted by molar-refractivity contribution is -0.310. The number of hydrogen-bond acceptors (Lipinski definition) is 26. The van der Waals surface area contributed by atoms with Crippen molar-refractivity contribution in [2.45, 2.75) is 193 Å². The molecule has 4 fully saturated rings. The summed E-state index contributed by atoms with van der Waals surface area (Å²) in [5.41, 5.74) is 0.728. The maximum Gasteiger partial charge on any atom is 0.303 e. The van der Waals surface area contributed by atoms with Gasteiger partial charge in [-0.3, -0.25) is 38.4 Å². The summed E-state index contributed by atoms with van der Waals surface area (Å²) in [7, 11) is 0. The Morgan fingerprint density at radius 3 is 1.12 bits per heavy atom. The van der Waals surface area contributed by atoms with E-state index in [0.717, 1.165) is 67.2 Å². The highest BCUT2D eigenvalue weighted by molar-refractivity contribution is 5.70. The number of esters is 8. The standard InChI is InChI=1S/C44H60N6O22/c1-21(51)59-19-35-37(63-23(3)53)39(65-25(5)55)41(67-27(7)57)43(71-35)61-17-29-13-49(47-45-29)15-31-9-11-33(69-31)34-12-10-32(70-34)16-50-14-30(46-48-50)18-62-44-42(68-28(8)58)40(66-26(6)56)38(64-24(4)54)36(72-44)20-60-22(2)52/h13-14,31-44H,9-12,15-20H2,1-8H3/t31-,32-,33+,34+,35?,36?,37?,38?,39?,40?,41?,42?,43?,44?/m1/s1. The largest absolute Gasteiger partial charge is 0.463 e. The predicted molar refractivity (Wildman–Crippen MR) is 229 cm³/mol.